The van der Waals surface area contributed by atoms with Gasteiger partial charge >= 0.3 is 0 Å². The van der Waals surface area contributed by atoms with Crippen LogP contribution in [0.3, 0.4) is 0 Å². The number of hydrogen-bond acceptors (Lipinski definition) is 6. The van der Waals surface area contributed by atoms with Crippen molar-refractivity contribution < 1.29 is 17.9 Å². The van der Waals surface area contributed by atoms with Gasteiger partial charge in [-0.1, -0.05) is 27.6 Å². The number of thiazole rings is 1. The third kappa shape index (κ3) is 6.22. The molecule has 3 aromatic carbocycles. The lowest BCUT2D eigenvalue weighted by atomic mass is 10.0. The number of sulfonamides is 1. The molecule has 11 heteroatoms. The molecule has 8 nitrogen and oxygen atoms in total. The lowest BCUT2D eigenvalue weighted by molar-refractivity contribution is -0.117. The number of carbonyl (C=O) groups is 1. The largest absolute Gasteiger partial charge is 0.497 e. The molecule has 2 heterocycles. The summed E-state index contributed by atoms with van der Waals surface area (Å²) in [6.45, 7) is 1.99. The average molecular weight is 626 g/mol. The molecule has 0 radical (unpaired) electrons. The van der Waals surface area contributed by atoms with Gasteiger partial charge in [-0.25, -0.2) is 13.4 Å². The molecule has 1 amide bonds. The van der Waals surface area contributed by atoms with E-state index in [1.165, 1.54) is 23.5 Å². The zero-order chi connectivity index (χ0) is 27.6. The zero-order valence-corrected chi connectivity index (χ0v) is 24.3. The molecule has 5 aromatic rings. The Morgan fingerprint density at radius 2 is 1.85 bits per heavy atom. The van der Waals surface area contributed by atoms with Crippen molar-refractivity contribution in [3.63, 3.8) is 0 Å². The van der Waals surface area contributed by atoms with Crippen molar-refractivity contribution in [1.82, 2.24) is 14.7 Å². The molecule has 1 atom stereocenters. The first-order chi connectivity index (χ1) is 18.7. The van der Waals surface area contributed by atoms with Crippen molar-refractivity contribution >= 4 is 59.2 Å². The summed E-state index contributed by atoms with van der Waals surface area (Å²) >= 11 is 4.59. The Morgan fingerprint density at radius 1 is 1.10 bits per heavy atom. The first kappa shape index (κ1) is 27.1. The Morgan fingerprint density at radius 3 is 2.56 bits per heavy atom. The molecule has 0 aliphatic rings. The Bertz CT molecular complexity index is 1730. The summed E-state index contributed by atoms with van der Waals surface area (Å²) in [6.07, 6.45) is 1.95. The van der Waals surface area contributed by atoms with E-state index in [4.69, 9.17) is 4.74 Å². The molecular weight excluding hydrogens is 600 g/mol. The standard InChI is InChI=1S/C28H25BrN4O4S2/c1-17-3-12-24-23(13-17)19(15-30-24)14-25(33-39(35,36)22-10-6-20(29)7-11-22)27(34)32-28-31-26(16-38-28)18-4-8-21(37-2)9-5-18/h3-13,15-16,25,30,33H,14H2,1-2H3,(H,31,32,34). The van der Waals surface area contributed by atoms with Crippen LogP contribution in [0.15, 0.2) is 87.7 Å². The van der Waals surface area contributed by atoms with E-state index in [-0.39, 0.29) is 11.3 Å². The highest BCUT2D eigenvalue weighted by Crippen LogP contribution is 2.27. The highest BCUT2D eigenvalue weighted by molar-refractivity contribution is 9.10. The number of nitrogens with zero attached hydrogens (tertiary/aromatic N) is 1. The number of nitrogens with one attached hydrogen (secondary N) is 3. The number of H-pyrrole nitrogens is 1. The third-order valence-corrected chi connectivity index (χ3v) is 8.98. The van der Waals surface area contributed by atoms with Gasteiger partial charge < -0.3 is 15.0 Å². The van der Waals surface area contributed by atoms with Crippen molar-refractivity contribution in [2.75, 3.05) is 12.4 Å². The number of rotatable bonds is 9. The summed E-state index contributed by atoms with van der Waals surface area (Å²) < 4.78 is 35.1. The van der Waals surface area contributed by atoms with Gasteiger partial charge in [0.15, 0.2) is 5.13 Å². The lowest BCUT2D eigenvalue weighted by Crippen LogP contribution is -2.45. The number of aromatic amines is 1. The molecule has 39 heavy (non-hydrogen) atoms. The average Bonchev–Trinajstić information content (AvgIpc) is 3.55. The van der Waals surface area contributed by atoms with Crippen molar-refractivity contribution in [3.8, 4) is 17.0 Å². The van der Waals surface area contributed by atoms with E-state index in [1.807, 2.05) is 61.0 Å². The predicted molar refractivity (Wildman–Crippen MR) is 158 cm³/mol. The minimum Gasteiger partial charge on any atom is -0.497 e. The van der Waals surface area contributed by atoms with Gasteiger partial charge in [-0.05, 0) is 79.6 Å². The van der Waals surface area contributed by atoms with Crippen LogP contribution in [0.25, 0.3) is 22.2 Å². The van der Waals surface area contributed by atoms with Crippen molar-refractivity contribution in [1.29, 1.82) is 0 Å². The van der Waals surface area contributed by atoms with E-state index in [9.17, 15) is 13.2 Å². The molecule has 0 fully saturated rings. The van der Waals surface area contributed by atoms with Gasteiger partial charge in [0.2, 0.25) is 15.9 Å². The van der Waals surface area contributed by atoms with Crippen LogP contribution in [0.5, 0.6) is 5.75 Å². The number of amides is 1. The Kier molecular flexibility index (Phi) is 7.85. The number of aryl methyl sites for hydroxylation is 1. The third-order valence-electron chi connectivity index (χ3n) is 6.20. The van der Waals surface area contributed by atoms with Crippen LogP contribution in [-0.2, 0) is 21.2 Å². The number of benzene rings is 3. The smallest absolute Gasteiger partial charge is 0.244 e. The van der Waals surface area contributed by atoms with E-state index in [0.717, 1.165) is 37.8 Å². The minimum atomic E-state index is -3.99. The molecule has 3 N–H and O–H groups in total. The molecule has 0 spiro atoms. The van der Waals surface area contributed by atoms with E-state index in [1.54, 1.807) is 19.2 Å². The maximum atomic E-state index is 13.5. The quantitative estimate of drug-likeness (QED) is 0.189. The summed E-state index contributed by atoms with van der Waals surface area (Å²) in [4.78, 5) is 21.3. The number of aromatic nitrogens is 2. The van der Waals surface area contributed by atoms with E-state index in [2.05, 4.69) is 35.9 Å². The highest BCUT2D eigenvalue weighted by Gasteiger charge is 2.28. The van der Waals surface area contributed by atoms with Gasteiger partial charge in [-0.15, -0.1) is 11.3 Å². The van der Waals surface area contributed by atoms with Crippen molar-refractivity contribution in [2.45, 2.75) is 24.3 Å². The number of fused-ring (bicyclic) bond motifs is 1. The highest BCUT2D eigenvalue weighted by atomic mass is 79.9. The second kappa shape index (κ2) is 11.3. The molecule has 5 rings (SSSR count). The minimum absolute atomic E-state index is 0.0642. The molecule has 0 saturated heterocycles. The van der Waals surface area contributed by atoms with Gasteiger partial charge in [0.05, 0.1) is 17.7 Å². The summed E-state index contributed by atoms with van der Waals surface area (Å²) in [5.74, 6) is 0.226. The normalized spacial score (nSPS) is 12.4. The topological polar surface area (TPSA) is 113 Å². The molecule has 2 aromatic heterocycles. The Labute approximate surface area is 238 Å². The van der Waals surface area contributed by atoms with Crippen LogP contribution in [0.1, 0.15) is 11.1 Å². The van der Waals surface area contributed by atoms with Gasteiger partial charge in [-0.3, -0.25) is 4.79 Å². The maximum absolute atomic E-state index is 13.5. The van der Waals surface area contributed by atoms with Crippen LogP contribution < -0.4 is 14.8 Å². The molecule has 0 aliphatic carbocycles. The number of ether oxygens (including phenoxy) is 1. The second-order valence-electron chi connectivity index (χ2n) is 8.95. The number of carbonyl (C=O) groups excluding carboxylic acids is 1. The fourth-order valence-electron chi connectivity index (χ4n) is 4.16. The molecule has 1 unspecified atom stereocenters. The fraction of sp³-hybridized carbons (Fsp3) is 0.143. The maximum Gasteiger partial charge on any atom is 0.244 e. The van der Waals surface area contributed by atoms with Gasteiger partial charge in [0, 0.05) is 32.5 Å². The SMILES string of the molecule is COc1ccc(-c2csc(NC(=O)C(Cc3c[nH]c4ccc(C)cc34)NS(=O)(=O)c3ccc(Br)cc3)n2)cc1. The summed E-state index contributed by atoms with van der Waals surface area (Å²) in [5, 5.41) is 5.95. The zero-order valence-electron chi connectivity index (χ0n) is 21.1. The predicted octanol–water partition coefficient (Wildman–Crippen LogP) is 5.90. The number of methoxy groups -OCH3 is 1. The summed E-state index contributed by atoms with van der Waals surface area (Å²) in [7, 11) is -2.39. The van der Waals surface area contributed by atoms with Gasteiger partial charge in [0.25, 0.3) is 0 Å². The second-order valence-corrected chi connectivity index (χ2v) is 12.4. The number of hydrogen-bond donors (Lipinski definition) is 3. The molecule has 0 bridgehead atoms. The summed E-state index contributed by atoms with van der Waals surface area (Å²) in [6, 6.07) is 18.6. The Hall–Kier alpha value is -3.51. The number of halogens is 1. The first-order valence-electron chi connectivity index (χ1n) is 12.0. The fourth-order valence-corrected chi connectivity index (χ4v) is 6.34. The Balaban J connectivity index is 1.42. The number of anilines is 1. The van der Waals surface area contributed by atoms with E-state index in [0.29, 0.717) is 10.8 Å². The summed E-state index contributed by atoms with van der Waals surface area (Å²) in [5.41, 5.74) is 4.36. The monoisotopic (exact) mass is 624 g/mol. The van der Waals surface area contributed by atoms with Crippen LogP contribution in [-0.4, -0.2) is 37.4 Å². The molecule has 0 saturated carbocycles. The molecule has 200 valence electrons. The molecular formula is C28H25BrN4O4S2. The first-order valence-corrected chi connectivity index (χ1v) is 15.1. The van der Waals surface area contributed by atoms with Crippen LogP contribution in [0, 0.1) is 6.92 Å². The van der Waals surface area contributed by atoms with Crippen LogP contribution in [0.4, 0.5) is 5.13 Å². The van der Waals surface area contributed by atoms with E-state index >= 15 is 0 Å². The van der Waals surface area contributed by atoms with E-state index < -0.39 is 22.0 Å². The van der Waals surface area contributed by atoms with Crippen LogP contribution in [0.2, 0.25) is 0 Å². The van der Waals surface area contributed by atoms with Crippen LogP contribution >= 0.6 is 27.3 Å². The lowest BCUT2D eigenvalue weighted by Gasteiger charge is -2.18. The van der Waals surface area contributed by atoms with Crippen molar-refractivity contribution in [3.05, 3.63) is 93.9 Å². The molecule has 0 aliphatic heterocycles. The van der Waals surface area contributed by atoms with Gasteiger partial charge in [0.1, 0.15) is 11.8 Å². The van der Waals surface area contributed by atoms with Crippen molar-refractivity contribution in [2.24, 2.45) is 0 Å². The van der Waals surface area contributed by atoms with Gasteiger partial charge in [-0.2, -0.15) is 4.72 Å².